The normalized spacial score (nSPS) is 18.1. The maximum atomic E-state index is 12.9. The topological polar surface area (TPSA) is 15.3 Å². The first kappa shape index (κ1) is 13.5. The Hall–Kier alpha value is -0.930. The molecule has 2 nitrogen and oxygen atoms in total. The molecule has 1 aromatic rings. The molecule has 1 N–H and O–H groups in total. The van der Waals surface area contributed by atoms with Gasteiger partial charge in [0.2, 0.25) is 0 Å². The van der Waals surface area contributed by atoms with Crippen LogP contribution < -0.4 is 5.32 Å². The summed E-state index contributed by atoms with van der Waals surface area (Å²) >= 11 is 0. The van der Waals surface area contributed by atoms with Crippen molar-refractivity contribution in [1.29, 1.82) is 0 Å². The minimum Gasteiger partial charge on any atom is -0.310 e. The van der Waals surface area contributed by atoms with Crippen molar-refractivity contribution >= 4 is 0 Å². The van der Waals surface area contributed by atoms with Crippen LogP contribution in [-0.2, 0) is 0 Å². The van der Waals surface area contributed by atoms with Crippen LogP contribution in [0.25, 0.3) is 0 Å². The Morgan fingerprint density at radius 3 is 2.50 bits per heavy atom. The minimum atomic E-state index is -0.159. The van der Waals surface area contributed by atoms with Gasteiger partial charge in [0.25, 0.3) is 0 Å². The molecule has 100 valence electrons. The molecule has 1 unspecified atom stereocenters. The van der Waals surface area contributed by atoms with E-state index in [-0.39, 0.29) is 5.82 Å². The Bertz CT molecular complexity index is 344. The molecule has 0 bridgehead atoms. The number of likely N-dealkylation sites (tertiary alicyclic amines) is 1. The molecule has 1 atom stereocenters. The summed E-state index contributed by atoms with van der Waals surface area (Å²) in [5, 5.41) is 3.49. The van der Waals surface area contributed by atoms with Crippen molar-refractivity contribution in [3.63, 3.8) is 0 Å². The van der Waals surface area contributed by atoms with Crippen molar-refractivity contribution in [1.82, 2.24) is 10.2 Å². The second kappa shape index (κ2) is 6.86. The molecule has 18 heavy (non-hydrogen) atoms. The van der Waals surface area contributed by atoms with Gasteiger partial charge >= 0.3 is 0 Å². The van der Waals surface area contributed by atoms with E-state index >= 15 is 0 Å². The first-order valence-corrected chi connectivity index (χ1v) is 7.01. The number of halogens is 1. The molecule has 0 amide bonds. The lowest BCUT2D eigenvalue weighted by Crippen LogP contribution is -2.27. The molecule has 1 aliphatic heterocycles. The lowest BCUT2D eigenvalue weighted by atomic mass is 10.0. The van der Waals surface area contributed by atoms with Crippen LogP contribution in [0, 0.1) is 5.82 Å². The van der Waals surface area contributed by atoms with Gasteiger partial charge in [0.15, 0.2) is 0 Å². The Balaban J connectivity index is 1.91. The molecule has 1 aromatic carbocycles. The molecular formula is C15H23FN2. The van der Waals surface area contributed by atoms with E-state index in [4.69, 9.17) is 0 Å². The van der Waals surface area contributed by atoms with E-state index in [2.05, 4.69) is 17.1 Å². The maximum Gasteiger partial charge on any atom is 0.123 e. The molecule has 1 aliphatic rings. The average molecular weight is 250 g/mol. The van der Waals surface area contributed by atoms with Crippen LogP contribution in [0.3, 0.4) is 0 Å². The highest BCUT2D eigenvalue weighted by Crippen LogP contribution is 2.19. The second-order valence-electron chi connectivity index (χ2n) is 5.00. The smallest absolute Gasteiger partial charge is 0.123 e. The highest BCUT2D eigenvalue weighted by atomic mass is 19.1. The summed E-state index contributed by atoms with van der Waals surface area (Å²) in [7, 11) is 0. The van der Waals surface area contributed by atoms with Gasteiger partial charge < -0.3 is 10.2 Å². The minimum absolute atomic E-state index is 0.159. The van der Waals surface area contributed by atoms with Gasteiger partial charge in [0, 0.05) is 6.04 Å². The van der Waals surface area contributed by atoms with Gasteiger partial charge in [-0.15, -0.1) is 0 Å². The standard InChI is InChI=1S/C15H23FN2/c1-2-17-15(9-12-18-10-3-4-11-18)13-5-7-14(16)8-6-13/h5-8,15,17H,2-4,9-12H2,1H3. The van der Waals surface area contributed by atoms with Gasteiger partial charge in [0.05, 0.1) is 0 Å². The molecule has 0 radical (unpaired) electrons. The lowest BCUT2D eigenvalue weighted by molar-refractivity contribution is 0.311. The van der Waals surface area contributed by atoms with Gasteiger partial charge in [-0.05, 0) is 63.1 Å². The Labute approximate surface area is 109 Å². The van der Waals surface area contributed by atoms with Gasteiger partial charge in [-0.25, -0.2) is 4.39 Å². The molecule has 2 rings (SSSR count). The first-order chi connectivity index (χ1) is 8.79. The lowest BCUT2D eigenvalue weighted by Gasteiger charge is -2.22. The van der Waals surface area contributed by atoms with E-state index in [1.165, 1.54) is 31.5 Å². The fourth-order valence-corrected chi connectivity index (χ4v) is 2.65. The Kier molecular flexibility index (Phi) is 5.14. The molecule has 3 heteroatoms. The number of rotatable bonds is 6. The van der Waals surface area contributed by atoms with Gasteiger partial charge in [-0.1, -0.05) is 19.1 Å². The molecule has 0 saturated carbocycles. The van der Waals surface area contributed by atoms with Gasteiger partial charge in [-0.3, -0.25) is 0 Å². The van der Waals surface area contributed by atoms with Crippen molar-refractivity contribution in [2.24, 2.45) is 0 Å². The van der Waals surface area contributed by atoms with E-state index in [1.807, 2.05) is 12.1 Å². The molecule has 1 heterocycles. The summed E-state index contributed by atoms with van der Waals surface area (Å²) in [6.45, 7) is 6.67. The number of hydrogen-bond acceptors (Lipinski definition) is 2. The largest absolute Gasteiger partial charge is 0.310 e. The van der Waals surface area contributed by atoms with Crippen molar-refractivity contribution < 1.29 is 4.39 Å². The van der Waals surface area contributed by atoms with Gasteiger partial charge in [0.1, 0.15) is 5.82 Å². The molecule has 0 aromatic heterocycles. The predicted octanol–water partition coefficient (Wildman–Crippen LogP) is 2.96. The third-order valence-electron chi connectivity index (χ3n) is 3.66. The van der Waals surface area contributed by atoms with Crippen molar-refractivity contribution in [2.75, 3.05) is 26.2 Å². The van der Waals surface area contributed by atoms with Crippen LogP contribution in [0.5, 0.6) is 0 Å². The zero-order valence-electron chi connectivity index (χ0n) is 11.2. The summed E-state index contributed by atoms with van der Waals surface area (Å²) in [6.07, 6.45) is 3.77. The highest BCUT2D eigenvalue weighted by molar-refractivity contribution is 5.19. The van der Waals surface area contributed by atoms with E-state index in [0.29, 0.717) is 6.04 Å². The van der Waals surface area contributed by atoms with E-state index in [0.717, 1.165) is 19.5 Å². The fraction of sp³-hybridized carbons (Fsp3) is 0.600. The average Bonchev–Trinajstić information content (AvgIpc) is 2.89. The number of hydrogen-bond donors (Lipinski definition) is 1. The van der Waals surface area contributed by atoms with E-state index in [1.54, 1.807) is 12.1 Å². The van der Waals surface area contributed by atoms with Crippen LogP contribution in [0.1, 0.15) is 37.8 Å². The summed E-state index contributed by atoms with van der Waals surface area (Å²) in [5.74, 6) is -0.159. The van der Waals surface area contributed by atoms with E-state index in [9.17, 15) is 4.39 Å². The van der Waals surface area contributed by atoms with Crippen molar-refractivity contribution in [2.45, 2.75) is 32.2 Å². The SMILES string of the molecule is CCNC(CCN1CCCC1)c1ccc(F)cc1. The Morgan fingerprint density at radius 1 is 1.22 bits per heavy atom. The summed E-state index contributed by atoms with van der Waals surface area (Å²) in [5.41, 5.74) is 1.19. The van der Waals surface area contributed by atoms with Crippen LogP contribution in [0.2, 0.25) is 0 Å². The van der Waals surface area contributed by atoms with Crippen LogP contribution in [0.4, 0.5) is 4.39 Å². The number of benzene rings is 1. The monoisotopic (exact) mass is 250 g/mol. The van der Waals surface area contributed by atoms with Crippen LogP contribution in [-0.4, -0.2) is 31.1 Å². The first-order valence-electron chi connectivity index (χ1n) is 7.01. The maximum absolute atomic E-state index is 12.9. The van der Waals surface area contributed by atoms with Crippen molar-refractivity contribution in [3.05, 3.63) is 35.6 Å². The predicted molar refractivity (Wildman–Crippen MR) is 73.1 cm³/mol. The van der Waals surface area contributed by atoms with Crippen molar-refractivity contribution in [3.8, 4) is 0 Å². The zero-order valence-corrected chi connectivity index (χ0v) is 11.2. The third kappa shape index (κ3) is 3.79. The summed E-state index contributed by atoms with van der Waals surface area (Å²) in [6, 6.07) is 7.24. The fourth-order valence-electron chi connectivity index (χ4n) is 2.65. The summed E-state index contributed by atoms with van der Waals surface area (Å²) in [4.78, 5) is 2.52. The highest BCUT2D eigenvalue weighted by Gasteiger charge is 2.15. The molecule has 1 saturated heterocycles. The summed E-state index contributed by atoms with van der Waals surface area (Å²) < 4.78 is 12.9. The third-order valence-corrected chi connectivity index (χ3v) is 3.66. The molecular weight excluding hydrogens is 227 g/mol. The van der Waals surface area contributed by atoms with E-state index < -0.39 is 0 Å². The van der Waals surface area contributed by atoms with Crippen LogP contribution in [0.15, 0.2) is 24.3 Å². The molecule has 1 fully saturated rings. The van der Waals surface area contributed by atoms with Gasteiger partial charge in [-0.2, -0.15) is 0 Å². The molecule has 0 aliphatic carbocycles. The number of nitrogens with one attached hydrogen (secondary N) is 1. The number of nitrogens with zero attached hydrogens (tertiary/aromatic N) is 1. The zero-order chi connectivity index (χ0) is 12.8. The quantitative estimate of drug-likeness (QED) is 0.835. The van der Waals surface area contributed by atoms with Crippen LogP contribution >= 0.6 is 0 Å². The molecule has 0 spiro atoms. The second-order valence-corrected chi connectivity index (χ2v) is 5.00. The Morgan fingerprint density at radius 2 is 1.89 bits per heavy atom.